The minimum absolute atomic E-state index is 0.0340. The van der Waals surface area contributed by atoms with Crippen LogP contribution in [0.3, 0.4) is 0 Å². The van der Waals surface area contributed by atoms with Gasteiger partial charge in [0.25, 0.3) is 0 Å². The Labute approximate surface area is 80.4 Å². The van der Waals surface area contributed by atoms with E-state index in [0.717, 1.165) is 0 Å². The first-order valence-corrected chi connectivity index (χ1v) is 4.50. The summed E-state index contributed by atoms with van der Waals surface area (Å²) in [6.45, 7) is 0. The molecule has 1 fully saturated rings. The number of fused-ring (bicyclic) bond motifs is 2. The molecule has 5 nitrogen and oxygen atoms in total. The molecule has 76 valence electrons. The number of amides is 1. The van der Waals surface area contributed by atoms with Crippen molar-refractivity contribution in [3.05, 3.63) is 12.2 Å². The van der Waals surface area contributed by atoms with Crippen LogP contribution in [0, 0.1) is 23.7 Å². The summed E-state index contributed by atoms with van der Waals surface area (Å²) in [5.41, 5.74) is 1.54. The third-order valence-electron chi connectivity index (χ3n) is 3.16. The van der Waals surface area contributed by atoms with Gasteiger partial charge in [-0.2, -0.15) is 0 Å². The highest BCUT2D eigenvalue weighted by molar-refractivity contribution is 5.86. The topological polar surface area (TPSA) is 86.6 Å². The molecule has 0 aromatic heterocycles. The molecule has 1 saturated carbocycles. The lowest BCUT2D eigenvalue weighted by Gasteiger charge is -2.22. The second-order valence-electron chi connectivity index (χ2n) is 3.81. The lowest BCUT2D eigenvalue weighted by atomic mass is 9.82. The molecule has 1 amide bonds. The molecule has 0 aliphatic heterocycles. The molecule has 0 unspecified atom stereocenters. The van der Waals surface area contributed by atoms with Gasteiger partial charge in [-0.05, 0) is 18.3 Å². The molecule has 2 bridgehead atoms. The number of aliphatic carboxylic acids is 1. The van der Waals surface area contributed by atoms with Gasteiger partial charge in [0.05, 0.1) is 11.8 Å². The predicted octanol–water partition coefficient (Wildman–Crippen LogP) is 0.0147. The Bertz CT molecular complexity index is 312. The first-order valence-electron chi connectivity index (χ1n) is 4.50. The fourth-order valence-corrected chi connectivity index (χ4v) is 2.59. The van der Waals surface area contributed by atoms with Gasteiger partial charge in [-0.15, -0.1) is 0 Å². The van der Waals surface area contributed by atoms with Crippen LogP contribution in [0.4, 0.5) is 0 Å². The van der Waals surface area contributed by atoms with Gasteiger partial charge in [0.1, 0.15) is 0 Å². The van der Waals surface area contributed by atoms with E-state index >= 15 is 0 Å². The number of hydroxylamine groups is 1. The average molecular weight is 197 g/mol. The molecule has 2 aliphatic carbocycles. The second kappa shape index (κ2) is 3.09. The van der Waals surface area contributed by atoms with E-state index in [4.69, 9.17) is 10.3 Å². The average Bonchev–Trinajstić information content (AvgIpc) is 2.74. The number of carbonyl (C=O) groups excluding carboxylic acids is 1. The maximum Gasteiger partial charge on any atom is 0.307 e. The van der Waals surface area contributed by atoms with Gasteiger partial charge in [-0.1, -0.05) is 12.2 Å². The molecule has 0 aromatic rings. The van der Waals surface area contributed by atoms with Gasteiger partial charge >= 0.3 is 5.97 Å². The van der Waals surface area contributed by atoms with Crippen LogP contribution < -0.4 is 5.48 Å². The summed E-state index contributed by atoms with van der Waals surface area (Å²) in [7, 11) is 0. The van der Waals surface area contributed by atoms with Gasteiger partial charge in [-0.25, -0.2) is 5.48 Å². The van der Waals surface area contributed by atoms with Crippen molar-refractivity contribution >= 4 is 11.9 Å². The van der Waals surface area contributed by atoms with Crippen LogP contribution in [-0.4, -0.2) is 22.2 Å². The molecule has 0 radical (unpaired) electrons. The van der Waals surface area contributed by atoms with Crippen LogP contribution in [0.5, 0.6) is 0 Å². The highest BCUT2D eigenvalue weighted by Gasteiger charge is 2.51. The number of allylic oxidation sites excluding steroid dienone is 2. The summed E-state index contributed by atoms with van der Waals surface area (Å²) < 4.78 is 0. The molecular weight excluding hydrogens is 186 g/mol. The SMILES string of the molecule is O=C(O)[C@@H]1[C@H](C(=O)NO)[C@@H]2C=C[C@H]1C2. The zero-order valence-electron chi connectivity index (χ0n) is 7.38. The van der Waals surface area contributed by atoms with Gasteiger partial charge in [0, 0.05) is 0 Å². The second-order valence-corrected chi connectivity index (χ2v) is 3.81. The summed E-state index contributed by atoms with van der Waals surface area (Å²) in [5.74, 6) is -2.94. The zero-order valence-corrected chi connectivity index (χ0v) is 7.38. The van der Waals surface area contributed by atoms with Crippen LogP contribution in [0.15, 0.2) is 12.2 Å². The monoisotopic (exact) mass is 197 g/mol. The summed E-state index contributed by atoms with van der Waals surface area (Å²) in [6.07, 6.45) is 4.42. The first-order chi connectivity index (χ1) is 6.65. The fraction of sp³-hybridized carbons (Fsp3) is 0.556. The van der Waals surface area contributed by atoms with Crippen LogP contribution in [0.2, 0.25) is 0 Å². The molecule has 0 saturated heterocycles. The van der Waals surface area contributed by atoms with E-state index in [2.05, 4.69) is 0 Å². The number of hydrogen-bond acceptors (Lipinski definition) is 3. The maximum atomic E-state index is 11.3. The number of carboxylic acids is 1. The number of hydrogen-bond donors (Lipinski definition) is 3. The molecule has 14 heavy (non-hydrogen) atoms. The quantitative estimate of drug-likeness (QED) is 0.331. The van der Waals surface area contributed by atoms with Crippen molar-refractivity contribution in [2.75, 3.05) is 0 Å². The Kier molecular flexibility index (Phi) is 2.03. The summed E-state index contributed by atoms with van der Waals surface area (Å²) >= 11 is 0. The summed E-state index contributed by atoms with van der Waals surface area (Å²) in [4.78, 5) is 22.2. The van der Waals surface area contributed by atoms with Crippen molar-refractivity contribution < 1.29 is 19.9 Å². The van der Waals surface area contributed by atoms with Crippen molar-refractivity contribution in [1.29, 1.82) is 0 Å². The third kappa shape index (κ3) is 1.13. The Morgan fingerprint density at radius 1 is 1.21 bits per heavy atom. The largest absolute Gasteiger partial charge is 0.481 e. The first kappa shape index (κ1) is 9.21. The van der Waals surface area contributed by atoms with Crippen molar-refractivity contribution in [2.24, 2.45) is 23.7 Å². The van der Waals surface area contributed by atoms with E-state index in [0.29, 0.717) is 6.42 Å². The minimum atomic E-state index is -0.963. The van der Waals surface area contributed by atoms with Crippen LogP contribution in [0.25, 0.3) is 0 Å². The lowest BCUT2D eigenvalue weighted by molar-refractivity contribution is -0.150. The molecule has 3 N–H and O–H groups in total. The van der Waals surface area contributed by atoms with Gasteiger partial charge in [0.15, 0.2) is 0 Å². The molecule has 4 atom stereocenters. The van der Waals surface area contributed by atoms with E-state index in [-0.39, 0.29) is 11.8 Å². The normalized spacial score (nSPS) is 38.6. The lowest BCUT2D eigenvalue weighted by Crippen LogP contribution is -2.38. The van der Waals surface area contributed by atoms with Gasteiger partial charge in [0.2, 0.25) is 5.91 Å². The molecule has 0 spiro atoms. The van der Waals surface area contributed by atoms with Crippen LogP contribution >= 0.6 is 0 Å². The Morgan fingerprint density at radius 2 is 1.79 bits per heavy atom. The Morgan fingerprint density at radius 3 is 2.29 bits per heavy atom. The van der Waals surface area contributed by atoms with E-state index in [9.17, 15) is 9.59 Å². The summed E-state index contributed by atoms with van der Waals surface area (Å²) in [5, 5.41) is 17.5. The molecular formula is C9H11NO4. The standard InChI is InChI=1S/C9H11NO4/c11-8(10-14)6-4-1-2-5(3-4)7(6)9(12)13/h1-2,4-7,14H,3H2,(H,10,11)(H,12,13)/t4-,5+,6-,7+/m1/s1. The molecule has 0 heterocycles. The van der Waals surface area contributed by atoms with Crippen molar-refractivity contribution in [1.82, 2.24) is 5.48 Å². The molecule has 0 aromatic carbocycles. The maximum absolute atomic E-state index is 11.3. The third-order valence-corrected chi connectivity index (χ3v) is 3.16. The minimum Gasteiger partial charge on any atom is -0.481 e. The Balaban J connectivity index is 2.26. The number of rotatable bonds is 2. The number of carbonyl (C=O) groups is 2. The van der Waals surface area contributed by atoms with Crippen molar-refractivity contribution in [3.8, 4) is 0 Å². The van der Waals surface area contributed by atoms with E-state index in [1.807, 2.05) is 12.2 Å². The van der Waals surface area contributed by atoms with Crippen molar-refractivity contribution in [2.45, 2.75) is 6.42 Å². The smallest absolute Gasteiger partial charge is 0.307 e. The highest BCUT2D eigenvalue weighted by Crippen LogP contribution is 2.48. The number of carboxylic acid groups (broad SMARTS) is 1. The highest BCUT2D eigenvalue weighted by atomic mass is 16.5. The molecule has 2 rings (SSSR count). The van der Waals surface area contributed by atoms with E-state index in [1.54, 1.807) is 5.48 Å². The van der Waals surface area contributed by atoms with Crippen molar-refractivity contribution in [3.63, 3.8) is 0 Å². The van der Waals surface area contributed by atoms with E-state index < -0.39 is 23.7 Å². The Hall–Kier alpha value is -1.36. The predicted molar refractivity (Wildman–Crippen MR) is 45.3 cm³/mol. The van der Waals surface area contributed by atoms with Gasteiger partial charge < -0.3 is 5.11 Å². The molecule has 2 aliphatic rings. The van der Waals surface area contributed by atoms with Crippen LogP contribution in [-0.2, 0) is 9.59 Å². The molecule has 5 heteroatoms. The zero-order chi connectivity index (χ0) is 10.3. The fourth-order valence-electron chi connectivity index (χ4n) is 2.59. The van der Waals surface area contributed by atoms with E-state index in [1.165, 1.54) is 0 Å². The summed E-state index contributed by atoms with van der Waals surface area (Å²) in [6, 6.07) is 0. The number of nitrogens with one attached hydrogen (secondary N) is 1. The van der Waals surface area contributed by atoms with Gasteiger partial charge in [-0.3, -0.25) is 14.8 Å². The van der Waals surface area contributed by atoms with Crippen LogP contribution in [0.1, 0.15) is 6.42 Å².